The predicted molar refractivity (Wildman–Crippen MR) is 127 cm³/mol. The minimum atomic E-state index is -3.58. The van der Waals surface area contributed by atoms with Gasteiger partial charge in [0.15, 0.2) is 9.84 Å². The summed E-state index contributed by atoms with van der Waals surface area (Å²) in [6.45, 7) is 4.47. The van der Waals surface area contributed by atoms with Crippen molar-refractivity contribution in [1.82, 2.24) is 19.7 Å². The molecular weight excluding hydrogens is 475 g/mol. The summed E-state index contributed by atoms with van der Waals surface area (Å²) in [5.41, 5.74) is 2.40. The van der Waals surface area contributed by atoms with E-state index in [1.807, 2.05) is 6.92 Å². The van der Waals surface area contributed by atoms with E-state index in [0.29, 0.717) is 35.4 Å². The first-order chi connectivity index (χ1) is 16.3. The molecule has 2 aromatic carbocycles. The number of nitrogens with zero attached hydrogens (tertiary/aromatic N) is 4. The van der Waals surface area contributed by atoms with E-state index in [9.17, 15) is 17.6 Å². The summed E-state index contributed by atoms with van der Waals surface area (Å²) in [4.78, 5) is 15.2. The van der Waals surface area contributed by atoms with E-state index in [1.54, 1.807) is 59.0 Å². The van der Waals surface area contributed by atoms with Gasteiger partial charge in [-0.1, -0.05) is 19.1 Å². The molecule has 1 aliphatic heterocycles. The van der Waals surface area contributed by atoms with Gasteiger partial charge in [-0.2, -0.15) is 0 Å². The van der Waals surface area contributed by atoms with Gasteiger partial charge in [0, 0.05) is 24.7 Å². The van der Waals surface area contributed by atoms with Gasteiger partial charge < -0.3 is 9.47 Å². The van der Waals surface area contributed by atoms with Gasteiger partial charge in [0.2, 0.25) is 5.91 Å². The molecular formula is C24H23FN4O3S2. The third-order valence-corrected chi connectivity index (χ3v) is 9.06. The van der Waals surface area contributed by atoms with Crippen LogP contribution in [0.5, 0.6) is 0 Å². The second kappa shape index (κ2) is 8.59. The number of rotatable bonds is 6. The van der Waals surface area contributed by atoms with Crippen LogP contribution in [0.25, 0.3) is 10.9 Å². The summed E-state index contributed by atoms with van der Waals surface area (Å²) in [6, 6.07) is 11.0. The number of carbonyl (C=O) groups is 1. The fraction of sp³-hybridized carbons (Fsp3) is 0.292. The third kappa shape index (κ3) is 4.01. The van der Waals surface area contributed by atoms with Crippen molar-refractivity contribution in [3.63, 3.8) is 0 Å². The zero-order valence-electron chi connectivity index (χ0n) is 18.7. The Balaban J connectivity index is 1.34. The second-order valence-corrected chi connectivity index (χ2v) is 11.5. The van der Waals surface area contributed by atoms with Gasteiger partial charge in [-0.25, -0.2) is 12.8 Å². The maximum atomic E-state index is 14.1. The average molecular weight is 499 g/mol. The second-order valence-electron chi connectivity index (χ2n) is 8.40. The van der Waals surface area contributed by atoms with Crippen molar-refractivity contribution in [2.24, 2.45) is 0 Å². The Hall–Kier alpha value is -3.11. The van der Waals surface area contributed by atoms with Crippen LogP contribution < -0.4 is 0 Å². The Morgan fingerprint density at radius 2 is 1.88 bits per heavy atom. The monoisotopic (exact) mass is 498 g/mol. The van der Waals surface area contributed by atoms with Gasteiger partial charge in [0.05, 0.1) is 10.4 Å². The first kappa shape index (κ1) is 22.7. The molecule has 2 aromatic heterocycles. The normalized spacial score (nSPS) is 14.5. The number of hydrogen-bond acceptors (Lipinski definition) is 6. The molecule has 1 atom stereocenters. The van der Waals surface area contributed by atoms with E-state index in [2.05, 4.69) is 10.2 Å². The highest BCUT2D eigenvalue weighted by molar-refractivity contribution is 7.90. The number of aryl methyl sites for hydroxylation is 1. The number of fused-ring (bicyclic) bond motifs is 2. The molecule has 0 spiro atoms. The number of sulfone groups is 1. The molecule has 0 radical (unpaired) electrons. The third-order valence-electron chi connectivity index (χ3n) is 6.18. The van der Waals surface area contributed by atoms with Crippen molar-refractivity contribution in [3.8, 4) is 0 Å². The Kier molecular flexibility index (Phi) is 5.73. The fourth-order valence-corrected chi connectivity index (χ4v) is 6.75. The topological polar surface area (TPSA) is 85.2 Å². The molecule has 3 heterocycles. The lowest BCUT2D eigenvalue weighted by molar-refractivity contribution is -0.134. The van der Waals surface area contributed by atoms with Crippen molar-refractivity contribution in [1.29, 1.82) is 0 Å². The summed E-state index contributed by atoms with van der Waals surface area (Å²) in [5, 5.41) is 9.74. The molecule has 0 N–H and O–H groups in total. The number of benzene rings is 2. The summed E-state index contributed by atoms with van der Waals surface area (Å²) in [7, 11) is -3.58. The van der Waals surface area contributed by atoms with Crippen molar-refractivity contribution in [2.75, 3.05) is 0 Å². The number of halogens is 1. The maximum absolute atomic E-state index is 14.1. The van der Waals surface area contributed by atoms with Crippen LogP contribution in [0.1, 0.15) is 41.0 Å². The lowest BCUT2D eigenvalue weighted by Gasteiger charge is -2.22. The van der Waals surface area contributed by atoms with Crippen molar-refractivity contribution in [3.05, 3.63) is 75.6 Å². The van der Waals surface area contributed by atoms with E-state index in [1.165, 1.54) is 17.4 Å². The first-order valence-corrected chi connectivity index (χ1v) is 13.4. The van der Waals surface area contributed by atoms with Crippen molar-refractivity contribution >= 4 is 38.0 Å². The number of carbonyl (C=O) groups excluding carboxylic acids is 1. The standard InChI is InChI=1S/C24H23FN4O3S2/c1-3-22-26-27-23(33-22)14-34(31,32)18-8-7-16-12-28(13-17(16)11-18)24(30)15(2)29-10-9-19-20(25)5-4-6-21(19)29/h4-11,15H,3,12-14H2,1-2H3/t15-/m1/s1. The molecule has 0 fully saturated rings. The van der Waals surface area contributed by atoms with Gasteiger partial charge in [0.1, 0.15) is 27.6 Å². The van der Waals surface area contributed by atoms with E-state index in [4.69, 9.17) is 0 Å². The molecule has 0 saturated heterocycles. The quantitative estimate of drug-likeness (QED) is 0.396. The zero-order valence-corrected chi connectivity index (χ0v) is 20.4. The van der Waals surface area contributed by atoms with Crippen LogP contribution in [0.15, 0.2) is 53.6 Å². The smallest absolute Gasteiger partial charge is 0.245 e. The molecule has 176 valence electrons. The summed E-state index contributed by atoms with van der Waals surface area (Å²) in [6.07, 6.45) is 2.44. The molecule has 1 amide bonds. The minimum absolute atomic E-state index is 0.108. The predicted octanol–water partition coefficient (Wildman–Crippen LogP) is 4.27. The van der Waals surface area contributed by atoms with Crippen LogP contribution >= 0.6 is 11.3 Å². The summed E-state index contributed by atoms with van der Waals surface area (Å²) in [5.74, 6) is -0.624. The highest BCUT2D eigenvalue weighted by Gasteiger charge is 2.30. The number of aromatic nitrogens is 3. The zero-order chi connectivity index (χ0) is 24.0. The Morgan fingerprint density at radius 1 is 1.12 bits per heavy atom. The molecule has 1 aliphatic rings. The summed E-state index contributed by atoms with van der Waals surface area (Å²) < 4.78 is 41.7. The van der Waals surface area contributed by atoms with E-state index < -0.39 is 15.9 Å². The van der Waals surface area contributed by atoms with Crippen molar-refractivity contribution < 1.29 is 17.6 Å². The van der Waals surface area contributed by atoms with E-state index >= 15 is 0 Å². The highest BCUT2D eigenvalue weighted by atomic mass is 32.2. The van der Waals surface area contributed by atoms with E-state index in [0.717, 1.165) is 16.1 Å². The molecule has 7 nitrogen and oxygen atoms in total. The molecule has 4 aromatic rings. The van der Waals surface area contributed by atoms with Crippen molar-refractivity contribution in [2.45, 2.75) is 50.0 Å². The van der Waals surface area contributed by atoms with Gasteiger partial charge in [-0.05, 0) is 54.8 Å². The van der Waals surface area contributed by atoms with Gasteiger partial charge in [0.25, 0.3) is 0 Å². The molecule has 0 aliphatic carbocycles. The highest BCUT2D eigenvalue weighted by Crippen LogP contribution is 2.30. The van der Waals surface area contributed by atoms with Gasteiger partial charge >= 0.3 is 0 Å². The lowest BCUT2D eigenvalue weighted by Crippen LogP contribution is -2.32. The molecule has 34 heavy (non-hydrogen) atoms. The maximum Gasteiger partial charge on any atom is 0.245 e. The van der Waals surface area contributed by atoms with Crippen LogP contribution in [0, 0.1) is 5.82 Å². The number of hydrogen-bond donors (Lipinski definition) is 0. The summed E-state index contributed by atoms with van der Waals surface area (Å²) >= 11 is 1.31. The molecule has 0 bridgehead atoms. The lowest BCUT2D eigenvalue weighted by atomic mass is 10.1. The van der Waals surface area contributed by atoms with Crippen LogP contribution in [0.3, 0.4) is 0 Å². The van der Waals surface area contributed by atoms with E-state index in [-0.39, 0.29) is 22.4 Å². The Morgan fingerprint density at radius 3 is 2.65 bits per heavy atom. The Bertz CT molecular complexity index is 1510. The van der Waals surface area contributed by atoms with Gasteiger partial charge in [-0.15, -0.1) is 21.5 Å². The molecule has 10 heteroatoms. The average Bonchev–Trinajstić information content (AvgIpc) is 3.55. The van der Waals surface area contributed by atoms with Gasteiger partial charge in [-0.3, -0.25) is 4.79 Å². The SMILES string of the molecule is CCc1nnc(CS(=O)(=O)c2ccc3c(c2)CN(C(=O)[C@@H](C)n2ccc4c(F)cccc42)C3)s1. The largest absolute Gasteiger partial charge is 0.335 e. The van der Waals surface area contributed by atoms with Crippen LogP contribution in [0.4, 0.5) is 4.39 Å². The van der Waals surface area contributed by atoms with Crippen LogP contribution in [-0.4, -0.2) is 34.0 Å². The molecule has 0 unspecified atom stereocenters. The minimum Gasteiger partial charge on any atom is -0.335 e. The Labute approximate surface area is 200 Å². The molecule has 5 rings (SSSR count). The van der Waals surface area contributed by atoms with Crippen LogP contribution in [0.2, 0.25) is 0 Å². The molecule has 0 saturated carbocycles. The fourth-order valence-electron chi connectivity index (χ4n) is 4.33. The first-order valence-electron chi connectivity index (χ1n) is 11.0. The number of amides is 1. The van der Waals surface area contributed by atoms with Crippen LogP contribution in [-0.2, 0) is 39.9 Å².